The van der Waals surface area contributed by atoms with Gasteiger partial charge in [-0.2, -0.15) is 0 Å². The van der Waals surface area contributed by atoms with Crippen LogP contribution >= 0.6 is 0 Å². The normalized spacial score (nSPS) is 15.2. The van der Waals surface area contributed by atoms with E-state index in [4.69, 9.17) is 0 Å². The fraction of sp³-hybridized carbons (Fsp3) is 0.438. The number of benzene rings is 1. The molecule has 2 heteroatoms. The average Bonchev–Trinajstić information content (AvgIpc) is 3.21. The highest BCUT2D eigenvalue weighted by Gasteiger charge is 2.26. The molecular weight excluding hydrogens is 222 g/mol. The van der Waals surface area contributed by atoms with Crippen molar-refractivity contribution >= 4 is 10.9 Å². The molecule has 94 valence electrons. The highest BCUT2D eigenvalue weighted by atomic mass is 16.1. The summed E-state index contributed by atoms with van der Waals surface area (Å²) < 4.78 is 1.88. The van der Waals surface area contributed by atoms with Gasteiger partial charge in [0.05, 0.1) is 5.52 Å². The fourth-order valence-corrected chi connectivity index (χ4v) is 2.74. The van der Waals surface area contributed by atoms with Gasteiger partial charge in [0.1, 0.15) is 0 Å². The van der Waals surface area contributed by atoms with Gasteiger partial charge in [-0.25, -0.2) is 0 Å². The molecule has 0 atom stereocenters. The molecule has 1 aromatic heterocycles. The summed E-state index contributed by atoms with van der Waals surface area (Å²) in [5.41, 5.74) is 3.88. The Bertz CT molecular complexity index is 650. The van der Waals surface area contributed by atoms with Crippen molar-refractivity contribution in [3.63, 3.8) is 0 Å². The van der Waals surface area contributed by atoms with Gasteiger partial charge in [-0.3, -0.25) is 4.79 Å². The van der Waals surface area contributed by atoms with Crippen molar-refractivity contribution in [2.75, 3.05) is 0 Å². The summed E-state index contributed by atoms with van der Waals surface area (Å²) in [4.78, 5) is 12.1. The Hall–Kier alpha value is -1.57. The Balaban J connectivity index is 2.36. The average molecular weight is 241 g/mol. The van der Waals surface area contributed by atoms with Crippen molar-refractivity contribution in [3.8, 4) is 0 Å². The summed E-state index contributed by atoms with van der Waals surface area (Å²) >= 11 is 0. The van der Waals surface area contributed by atoms with Crippen molar-refractivity contribution in [1.29, 1.82) is 0 Å². The topological polar surface area (TPSA) is 22.0 Å². The summed E-state index contributed by atoms with van der Waals surface area (Å²) in [5.74, 6) is 0.624. The van der Waals surface area contributed by atoms with Gasteiger partial charge < -0.3 is 4.57 Å². The Morgan fingerprint density at radius 1 is 1.22 bits per heavy atom. The zero-order chi connectivity index (χ0) is 12.7. The van der Waals surface area contributed by atoms with Crippen molar-refractivity contribution in [2.45, 2.75) is 45.6 Å². The van der Waals surface area contributed by atoms with Crippen LogP contribution < -0.4 is 5.56 Å². The Morgan fingerprint density at radius 2 is 2.00 bits per heavy atom. The van der Waals surface area contributed by atoms with Crippen LogP contribution in [0.15, 0.2) is 29.1 Å². The van der Waals surface area contributed by atoms with Gasteiger partial charge in [0.15, 0.2) is 0 Å². The van der Waals surface area contributed by atoms with Crippen LogP contribution in [0.3, 0.4) is 0 Å². The number of hydrogen-bond acceptors (Lipinski definition) is 1. The molecule has 1 aliphatic rings. The maximum atomic E-state index is 12.1. The molecule has 0 radical (unpaired) electrons. The first-order valence-electron chi connectivity index (χ1n) is 6.91. The fourth-order valence-electron chi connectivity index (χ4n) is 2.74. The first-order valence-corrected chi connectivity index (χ1v) is 6.91. The lowest BCUT2D eigenvalue weighted by atomic mass is 10.0. The Labute approximate surface area is 107 Å². The Kier molecular flexibility index (Phi) is 2.73. The molecule has 1 aliphatic carbocycles. The summed E-state index contributed by atoms with van der Waals surface area (Å²) in [6, 6.07) is 8.40. The van der Waals surface area contributed by atoms with Crippen LogP contribution in [0.4, 0.5) is 0 Å². The van der Waals surface area contributed by atoms with Gasteiger partial charge in [0.2, 0.25) is 0 Å². The highest BCUT2D eigenvalue weighted by molar-refractivity contribution is 5.84. The third kappa shape index (κ3) is 1.76. The summed E-state index contributed by atoms with van der Waals surface area (Å²) in [7, 11) is 0. The first-order chi connectivity index (χ1) is 8.74. The third-order valence-corrected chi connectivity index (χ3v) is 3.95. The lowest BCUT2D eigenvalue weighted by molar-refractivity contribution is 0.756. The zero-order valence-corrected chi connectivity index (χ0v) is 11.1. The van der Waals surface area contributed by atoms with Crippen molar-refractivity contribution in [1.82, 2.24) is 4.57 Å². The van der Waals surface area contributed by atoms with Gasteiger partial charge in [-0.05, 0) is 55.4 Å². The molecule has 1 aromatic carbocycles. The minimum Gasteiger partial charge on any atom is -0.309 e. The van der Waals surface area contributed by atoms with Crippen molar-refractivity contribution in [3.05, 3.63) is 45.7 Å². The maximum absolute atomic E-state index is 12.1. The lowest BCUT2D eigenvalue weighted by Crippen LogP contribution is -2.19. The van der Waals surface area contributed by atoms with E-state index < -0.39 is 0 Å². The molecule has 0 aliphatic heterocycles. The van der Waals surface area contributed by atoms with Crippen LogP contribution in [-0.2, 0) is 13.0 Å². The van der Waals surface area contributed by atoms with Crippen LogP contribution in [0, 0.1) is 0 Å². The Morgan fingerprint density at radius 3 is 2.61 bits per heavy atom. The third-order valence-electron chi connectivity index (χ3n) is 3.95. The van der Waals surface area contributed by atoms with E-state index in [1.165, 1.54) is 29.4 Å². The van der Waals surface area contributed by atoms with Crippen LogP contribution in [0.25, 0.3) is 10.9 Å². The molecule has 0 bridgehead atoms. The summed E-state index contributed by atoms with van der Waals surface area (Å²) in [6.07, 6.45) is 3.52. The van der Waals surface area contributed by atoms with E-state index in [2.05, 4.69) is 25.1 Å². The van der Waals surface area contributed by atoms with Crippen molar-refractivity contribution in [2.24, 2.45) is 0 Å². The maximum Gasteiger partial charge on any atom is 0.251 e. The van der Waals surface area contributed by atoms with Gasteiger partial charge in [0, 0.05) is 18.0 Å². The summed E-state index contributed by atoms with van der Waals surface area (Å²) in [5, 5.41) is 1.29. The lowest BCUT2D eigenvalue weighted by Gasteiger charge is -2.12. The van der Waals surface area contributed by atoms with E-state index in [9.17, 15) is 4.79 Å². The number of aryl methyl sites for hydroxylation is 2. The molecule has 0 saturated heterocycles. The van der Waals surface area contributed by atoms with Gasteiger partial charge in [-0.1, -0.05) is 13.0 Å². The van der Waals surface area contributed by atoms with Crippen molar-refractivity contribution < 1.29 is 0 Å². The number of fused-ring (bicyclic) bond motifs is 1. The first kappa shape index (κ1) is 11.5. The van der Waals surface area contributed by atoms with Gasteiger partial charge in [-0.15, -0.1) is 0 Å². The predicted octanol–water partition coefficient (Wildman–Crippen LogP) is 3.46. The molecule has 0 amide bonds. The number of aromatic nitrogens is 1. The van der Waals surface area contributed by atoms with Crippen LogP contribution in [-0.4, -0.2) is 4.57 Å². The molecule has 1 saturated carbocycles. The molecule has 2 aromatic rings. The molecule has 1 heterocycles. The molecular formula is C16H19NO. The minimum atomic E-state index is 0.149. The molecule has 2 nitrogen and oxygen atoms in total. The standard InChI is InChI=1S/C16H19NO/c1-3-11-5-8-15-14(9-11)13(12-6-7-12)10-16(18)17(15)4-2/h5,8-10,12H,3-4,6-7H2,1-2H3. The largest absolute Gasteiger partial charge is 0.309 e. The molecule has 0 spiro atoms. The van der Waals surface area contributed by atoms with E-state index in [0.29, 0.717) is 5.92 Å². The number of rotatable bonds is 3. The van der Waals surface area contributed by atoms with E-state index in [-0.39, 0.29) is 5.56 Å². The second-order valence-corrected chi connectivity index (χ2v) is 5.16. The molecule has 18 heavy (non-hydrogen) atoms. The van der Waals surface area contributed by atoms with Crippen LogP contribution in [0.5, 0.6) is 0 Å². The molecule has 1 fully saturated rings. The van der Waals surface area contributed by atoms with Gasteiger partial charge in [0.25, 0.3) is 5.56 Å². The number of pyridine rings is 1. The predicted molar refractivity (Wildman–Crippen MR) is 75.2 cm³/mol. The zero-order valence-electron chi connectivity index (χ0n) is 11.1. The highest BCUT2D eigenvalue weighted by Crippen LogP contribution is 2.42. The molecule has 3 rings (SSSR count). The van der Waals surface area contributed by atoms with E-state index in [1.807, 2.05) is 17.6 Å². The van der Waals surface area contributed by atoms with Crippen LogP contribution in [0.1, 0.15) is 43.7 Å². The van der Waals surface area contributed by atoms with E-state index in [0.717, 1.165) is 18.5 Å². The quantitative estimate of drug-likeness (QED) is 0.806. The van der Waals surface area contributed by atoms with E-state index in [1.54, 1.807) is 0 Å². The minimum absolute atomic E-state index is 0.149. The SMILES string of the molecule is CCc1ccc2c(c1)c(C1CC1)cc(=O)n2CC. The summed E-state index contributed by atoms with van der Waals surface area (Å²) in [6.45, 7) is 4.95. The molecule has 0 unspecified atom stereocenters. The van der Waals surface area contributed by atoms with E-state index >= 15 is 0 Å². The number of hydrogen-bond donors (Lipinski definition) is 0. The molecule has 0 N–H and O–H groups in total. The smallest absolute Gasteiger partial charge is 0.251 e. The second-order valence-electron chi connectivity index (χ2n) is 5.16. The van der Waals surface area contributed by atoms with Crippen LogP contribution in [0.2, 0.25) is 0 Å². The monoisotopic (exact) mass is 241 g/mol. The number of nitrogens with zero attached hydrogens (tertiary/aromatic N) is 1. The second kappa shape index (κ2) is 4.27. The van der Waals surface area contributed by atoms with Gasteiger partial charge >= 0.3 is 0 Å².